The average molecular weight is 341 g/mol. The smallest absolute Gasteiger partial charge is 0.227 e. The normalized spacial score (nSPS) is 19.9. The molecule has 1 aromatic heterocycles. The number of anilines is 1. The zero-order valence-corrected chi connectivity index (χ0v) is 14.3. The number of nitrogens with zero attached hydrogens (tertiary/aromatic N) is 1. The number of aromatic nitrogens is 1. The lowest BCUT2D eigenvalue weighted by Gasteiger charge is -2.25. The van der Waals surface area contributed by atoms with E-state index in [9.17, 15) is 4.79 Å². The van der Waals surface area contributed by atoms with E-state index in [-0.39, 0.29) is 17.9 Å². The molecular weight excluding hydrogens is 318 g/mol. The highest BCUT2D eigenvalue weighted by Crippen LogP contribution is 2.26. The number of amides is 1. The van der Waals surface area contributed by atoms with Gasteiger partial charge in [0.2, 0.25) is 11.8 Å². The third kappa shape index (κ3) is 4.70. The molecule has 6 nitrogen and oxygen atoms in total. The van der Waals surface area contributed by atoms with Crippen molar-refractivity contribution in [2.45, 2.75) is 31.7 Å². The van der Waals surface area contributed by atoms with Gasteiger partial charge in [0.1, 0.15) is 11.5 Å². The fraction of sp³-hybridized carbons (Fsp3) is 0.368. The van der Waals surface area contributed by atoms with Gasteiger partial charge in [0, 0.05) is 18.0 Å². The number of nitrogens with two attached hydrogens (primary N) is 1. The van der Waals surface area contributed by atoms with E-state index >= 15 is 0 Å². The van der Waals surface area contributed by atoms with Crippen LogP contribution in [-0.4, -0.2) is 24.0 Å². The third-order valence-electron chi connectivity index (χ3n) is 4.37. The molecule has 0 spiro atoms. The number of hydrogen-bond donors (Lipinski definition) is 2. The van der Waals surface area contributed by atoms with Crippen molar-refractivity contribution in [2.75, 3.05) is 12.4 Å². The molecule has 0 bridgehead atoms. The average Bonchev–Trinajstić information content (AvgIpc) is 2.64. The van der Waals surface area contributed by atoms with Crippen molar-refractivity contribution in [2.24, 2.45) is 11.7 Å². The number of nitrogens with one attached hydrogen (secondary N) is 1. The summed E-state index contributed by atoms with van der Waals surface area (Å²) < 4.78 is 10.8. The van der Waals surface area contributed by atoms with Crippen molar-refractivity contribution in [3.63, 3.8) is 0 Å². The summed E-state index contributed by atoms with van der Waals surface area (Å²) in [6, 6.07) is 10.9. The summed E-state index contributed by atoms with van der Waals surface area (Å²) in [6.07, 6.45) is 5.25. The molecule has 0 saturated heterocycles. The van der Waals surface area contributed by atoms with Crippen LogP contribution in [0.4, 0.5) is 5.69 Å². The molecular formula is C19H23N3O3. The van der Waals surface area contributed by atoms with Gasteiger partial charge < -0.3 is 20.5 Å². The molecule has 3 rings (SSSR count). The first kappa shape index (κ1) is 17.2. The molecule has 2 aromatic rings. The fourth-order valence-electron chi connectivity index (χ4n) is 2.99. The van der Waals surface area contributed by atoms with Crippen LogP contribution in [0.3, 0.4) is 0 Å². The first-order valence-corrected chi connectivity index (χ1v) is 8.48. The van der Waals surface area contributed by atoms with Crippen molar-refractivity contribution < 1.29 is 14.3 Å². The molecule has 1 aliphatic rings. The highest BCUT2D eigenvalue weighted by atomic mass is 16.5. The number of hydrogen-bond acceptors (Lipinski definition) is 5. The van der Waals surface area contributed by atoms with Crippen molar-refractivity contribution in [3.05, 3.63) is 42.6 Å². The highest BCUT2D eigenvalue weighted by Gasteiger charge is 2.25. The number of rotatable bonds is 5. The topological polar surface area (TPSA) is 86.5 Å². The molecule has 1 amide bonds. The molecule has 1 aromatic carbocycles. The minimum absolute atomic E-state index is 0.0146. The Kier molecular flexibility index (Phi) is 5.50. The number of ether oxygens (including phenoxy) is 2. The maximum Gasteiger partial charge on any atom is 0.227 e. The van der Waals surface area contributed by atoms with Crippen LogP contribution in [0.25, 0.3) is 0 Å². The monoisotopic (exact) mass is 341 g/mol. The van der Waals surface area contributed by atoms with Crippen LogP contribution >= 0.6 is 0 Å². The molecule has 6 heteroatoms. The van der Waals surface area contributed by atoms with Gasteiger partial charge in [-0.1, -0.05) is 6.42 Å². The summed E-state index contributed by atoms with van der Waals surface area (Å²) in [5.74, 6) is 1.89. The van der Waals surface area contributed by atoms with Crippen molar-refractivity contribution in [1.82, 2.24) is 4.98 Å². The lowest BCUT2D eigenvalue weighted by molar-refractivity contribution is -0.120. The minimum atomic E-state index is -0.0148. The Morgan fingerprint density at radius 3 is 2.56 bits per heavy atom. The van der Waals surface area contributed by atoms with Crippen LogP contribution in [0.15, 0.2) is 42.6 Å². The van der Waals surface area contributed by atoms with Crippen LogP contribution in [0, 0.1) is 5.92 Å². The number of methoxy groups -OCH3 is 1. The SMILES string of the molecule is COc1ccc(Oc2ccc(NC(=O)C3CCCC(N)C3)cn2)cc1. The Morgan fingerprint density at radius 1 is 1.16 bits per heavy atom. The molecule has 0 radical (unpaired) electrons. The van der Waals surface area contributed by atoms with Crippen LogP contribution in [0.1, 0.15) is 25.7 Å². The zero-order chi connectivity index (χ0) is 17.6. The van der Waals surface area contributed by atoms with Crippen LogP contribution < -0.4 is 20.5 Å². The Labute approximate surface area is 147 Å². The van der Waals surface area contributed by atoms with E-state index in [1.807, 2.05) is 24.3 Å². The standard InChI is InChI=1S/C19H23N3O3/c1-24-16-6-8-17(9-7-16)25-18-10-5-15(12-21-18)22-19(23)13-3-2-4-14(20)11-13/h5-10,12-14H,2-4,11,20H2,1H3,(H,22,23). The zero-order valence-electron chi connectivity index (χ0n) is 14.3. The predicted molar refractivity (Wildman–Crippen MR) is 95.9 cm³/mol. The first-order valence-electron chi connectivity index (χ1n) is 8.48. The summed E-state index contributed by atoms with van der Waals surface area (Å²) in [5.41, 5.74) is 6.61. The molecule has 2 unspecified atom stereocenters. The first-order chi connectivity index (χ1) is 12.1. The summed E-state index contributed by atoms with van der Waals surface area (Å²) in [7, 11) is 1.62. The molecule has 1 heterocycles. The third-order valence-corrected chi connectivity index (χ3v) is 4.37. The minimum Gasteiger partial charge on any atom is -0.497 e. The van der Waals surface area contributed by atoms with E-state index in [1.165, 1.54) is 0 Å². The molecule has 1 saturated carbocycles. The summed E-state index contributed by atoms with van der Waals surface area (Å²) in [5, 5.41) is 2.91. The molecule has 1 aliphatic carbocycles. The Balaban J connectivity index is 1.57. The quantitative estimate of drug-likeness (QED) is 0.871. The van der Waals surface area contributed by atoms with Crippen molar-refractivity contribution >= 4 is 11.6 Å². The Morgan fingerprint density at radius 2 is 1.92 bits per heavy atom. The van der Waals surface area contributed by atoms with Gasteiger partial charge in [0.05, 0.1) is 19.0 Å². The van der Waals surface area contributed by atoms with E-state index in [0.717, 1.165) is 31.4 Å². The lowest BCUT2D eigenvalue weighted by Crippen LogP contribution is -2.34. The molecule has 132 valence electrons. The van der Waals surface area contributed by atoms with Gasteiger partial charge in [-0.05, 0) is 49.6 Å². The summed E-state index contributed by atoms with van der Waals surface area (Å²) >= 11 is 0. The second kappa shape index (κ2) is 7.98. The molecule has 0 aliphatic heterocycles. The summed E-state index contributed by atoms with van der Waals surface area (Å²) in [4.78, 5) is 16.5. The van der Waals surface area contributed by atoms with Crippen LogP contribution in [-0.2, 0) is 4.79 Å². The predicted octanol–water partition coefficient (Wildman–Crippen LogP) is 3.34. The maximum absolute atomic E-state index is 12.3. The van der Waals surface area contributed by atoms with E-state index in [4.69, 9.17) is 15.2 Å². The van der Waals surface area contributed by atoms with E-state index < -0.39 is 0 Å². The van der Waals surface area contributed by atoms with E-state index in [0.29, 0.717) is 17.3 Å². The van der Waals surface area contributed by atoms with E-state index in [1.54, 1.807) is 25.4 Å². The Hall–Kier alpha value is -2.60. The number of carbonyl (C=O) groups is 1. The molecule has 3 N–H and O–H groups in total. The van der Waals surface area contributed by atoms with Gasteiger partial charge in [0.15, 0.2) is 0 Å². The molecule has 2 atom stereocenters. The fourth-order valence-corrected chi connectivity index (χ4v) is 2.99. The van der Waals surface area contributed by atoms with Gasteiger partial charge in [-0.15, -0.1) is 0 Å². The van der Waals surface area contributed by atoms with Gasteiger partial charge in [-0.25, -0.2) is 4.98 Å². The largest absolute Gasteiger partial charge is 0.497 e. The van der Waals surface area contributed by atoms with Gasteiger partial charge in [-0.3, -0.25) is 4.79 Å². The summed E-state index contributed by atoms with van der Waals surface area (Å²) in [6.45, 7) is 0. The highest BCUT2D eigenvalue weighted by molar-refractivity contribution is 5.92. The maximum atomic E-state index is 12.3. The van der Waals surface area contributed by atoms with Crippen LogP contribution in [0.2, 0.25) is 0 Å². The second-order valence-corrected chi connectivity index (χ2v) is 6.28. The Bertz CT molecular complexity index is 701. The van der Waals surface area contributed by atoms with E-state index in [2.05, 4.69) is 10.3 Å². The number of carbonyl (C=O) groups excluding carboxylic acids is 1. The van der Waals surface area contributed by atoms with Crippen molar-refractivity contribution in [1.29, 1.82) is 0 Å². The second-order valence-electron chi connectivity index (χ2n) is 6.28. The molecule has 1 fully saturated rings. The van der Waals surface area contributed by atoms with Crippen molar-refractivity contribution in [3.8, 4) is 17.4 Å². The number of benzene rings is 1. The lowest BCUT2D eigenvalue weighted by atomic mass is 9.85. The number of pyridine rings is 1. The molecule has 25 heavy (non-hydrogen) atoms. The van der Waals surface area contributed by atoms with Gasteiger partial charge in [0.25, 0.3) is 0 Å². The van der Waals surface area contributed by atoms with Crippen LogP contribution in [0.5, 0.6) is 17.4 Å². The van der Waals surface area contributed by atoms with Gasteiger partial charge >= 0.3 is 0 Å². The van der Waals surface area contributed by atoms with Gasteiger partial charge in [-0.2, -0.15) is 0 Å².